The van der Waals surface area contributed by atoms with E-state index in [1.165, 1.54) is 182 Å². The van der Waals surface area contributed by atoms with Crippen molar-refractivity contribution in [1.82, 2.24) is 0 Å². The molecule has 4 heterocycles. The molecule has 17 aromatic carbocycles. The highest BCUT2D eigenvalue weighted by atomic mass is 32.2. The van der Waals surface area contributed by atoms with E-state index in [1.54, 1.807) is 0 Å². The smallest absolute Gasteiger partial charge is 0.192 e. The lowest BCUT2D eigenvalue weighted by Crippen LogP contribution is -2.58. The third kappa shape index (κ3) is 12.3. The van der Waals surface area contributed by atoms with Gasteiger partial charge < -0.3 is 0 Å². The quantitative estimate of drug-likeness (QED) is 0.111. The Morgan fingerprint density at radius 1 is 0.230 bits per heavy atom. The van der Waals surface area contributed by atoms with Gasteiger partial charge in [0.2, 0.25) is 13.4 Å². The SMILES string of the molecule is CC(C)(C)c1ccc2c(c1)Sc1cc(-c3cc(-c4c5ccccc5c(-c5ccccc5)c5ccccc45)cc(C(C)(C)c4ccccc4)c3)cc3c1B2c1ccccc1S3.CC(C)(C)c1ccc2c(c1)Sc1cc(-c3cc(C#N)cc(-c4c5ccccc5c(-c5ccccc5)c5ccccc45)c3)cc3c1B2c1ccccc1S3. The number of nitriles is 1. The Kier molecular flexibility index (Phi) is 17.5. The van der Waals surface area contributed by atoms with Crippen LogP contribution in [0.3, 0.4) is 0 Å². The molecule has 0 saturated heterocycles. The first kappa shape index (κ1) is 70.9. The molecule has 0 saturated carbocycles. The van der Waals surface area contributed by atoms with E-state index in [2.05, 4.69) is 395 Å². The van der Waals surface area contributed by atoms with Crippen molar-refractivity contribution < 1.29 is 0 Å². The fourth-order valence-corrected chi connectivity index (χ4v) is 23.2. The fourth-order valence-electron chi connectivity index (χ4n) is 18.2. The van der Waals surface area contributed by atoms with Crippen molar-refractivity contribution in [2.24, 2.45) is 0 Å². The zero-order valence-corrected chi connectivity index (χ0v) is 67.8. The van der Waals surface area contributed by atoms with Gasteiger partial charge >= 0.3 is 0 Å². The van der Waals surface area contributed by atoms with Crippen LogP contribution in [0.5, 0.6) is 0 Å². The van der Waals surface area contributed by atoms with Crippen LogP contribution in [-0.4, -0.2) is 13.4 Å². The van der Waals surface area contributed by atoms with Crippen molar-refractivity contribution in [3.05, 3.63) is 361 Å². The second-order valence-electron chi connectivity index (χ2n) is 33.2. The van der Waals surface area contributed by atoms with Gasteiger partial charge in [0.05, 0.1) is 11.6 Å². The lowest BCUT2D eigenvalue weighted by atomic mass is 9.36. The predicted octanol–water partition coefficient (Wildman–Crippen LogP) is 25.7. The van der Waals surface area contributed by atoms with Crippen LogP contribution in [0.15, 0.2) is 373 Å². The normalized spacial score (nSPS) is 13.1. The zero-order chi connectivity index (χ0) is 76.6. The van der Waals surface area contributed by atoms with Gasteiger partial charge in [-0.2, -0.15) is 5.26 Å². The summed E-state index contributed by atoms with van der Waals surface area (Å²) in [5.74, 6) is 0. The molecule has 21 rings (SSSR count). The van der Waals surface area contributed by atoms with Crippen molar-refractivity contribution in [1.29, 1.82) is 5.26 Å². The van der Waals surface area contributed by atoms with Crippen LogP contribution >= 0.6 is 47.0 Å². The van der Waals surface area contributed by atoms with Crippen LogP contribution in [-0.2, 0) is 16.2 Å². The van der Waals surface area contributed by atoms with E-state index < -0.39 is 0 Å². The Bertz CT molecular complexity index is 6710. The molecule has 0 fully saturated rings. The molecule has 17 aromatic rings. The molecule has 1 nitrogen and oxygen atoms in total. The Morgan fingerprint density at radius 3 is 0.903 bits per heavy atom. The third-order valence-corrected chi connectivity index (χ3v) is 28.5. The Morgan fingerprint density at radius 2 is 0.522 bits per heavy atom. The maximum absolute atomic E-state index is 10.5. The van der Waals surface area contributed by atoms with E-state index in [0.717, 1.165) is 22.3 Å². The van der Waals surface area contributed by atoms with Gasteiger partial charge in [0.25, 0.3) is 0 Å². The summed E-state index contributed by atoms with van der Waals surface area (Å²) < 4.78 is 0. The molecule has 538 valence electrons. The highest BCUT2D eigenvalue weighted by molar-refractivity contribution is 8.02. The van der Waals surface area contributed by atoms with Crippen LogP contribution in [0.25, 0.3) is 110 Å². The van der Waals surface area contributed by atoms with E-state index in [0.29, 0.717) is 5.56 Å². The maximum atomic E-state index is 10.5. The van der Waals surface area contributed by atoms with E-state index in [9.17, 15) is 5.26 Å². The topological polar surface area (TPSA) is 23.8 Å². The maximum Gasteiger partial charge on any atom is 0.247 e. The van der Waals surface area contributed by atoms with Gasteiger partial charge in [-0.25, -0.2) is 0 Å². The van der Waals surface area contributed by atoms with Gasteiger partial charge in [0, 0.05) is 44.6 Å². The molecule has 113 heavy (non-hydrogen) atoms. The van der Waals surface area contributed by atoms with E-state index in [1.807, 2.05) is 47.0 Å². The van der Waals surface area contributed by atoms with Crippen molar-refractivity contribution in [3.8, 4) is 72.8 Å². The first-order valence-electron chi connectivity index (χ1n) is 39.3. The van der Waals surface area contributed by atoms with Crippen LogP contribution < -0.4 is 32.8 Å². The van der Waals surface area contributed by atoms with E-state index >= 15 is 0 Å². The van der Waals surface area contributed by atoms with Crippen LogP contribution in [0.2, 0.25) is 0 Å². The van der Waals surface area contributed by atoms with Gasteiger partial charge in [-0.1, -0.05) is 385 Å². The summed E-state index contributed by atoms with van der Waals surface area (Å²) in [4.78, 5) is 10.7. The summed E-state index contributed by atoms with van der Waals surface area (Å²) in [6, 6.07) is 127. The van der Waals surface area contributed by atoms with Crippen LogP contribution in [0, 0.1) is 11.3 Å². The molecule has 7 heteroatoms. The molecule has 4 aliphatic rings. The van der Waals surface area contributed by atoms with Gasteiger partial charge in [0.15, 0.2) is 0 Å². The molecule has 0 spiro atoms. The van der Waals surface area contributed by atoms with Gasteiger partial charge in [-0.3, -0.25) is 0 Å². The largest absolute Gasteiger partial charge is 0.247 e. The second-order valence-corrected chi connectivity index (χ2v) is 37.6. The third-order valence-electron chi connectivity index (χ3n) is 24.0. The Balaban J connectivity index is 0.000000148. The minimum absolute atomic E-state index is 0.0605. The first-order valence-corrected chi connectivity index (χ1v) is 42.6. The number of nitrogens with zero attached hydrogens (tertiary/aromatic N) is 1. The highest BCUT2D eigenvalue weighted by Gasteiger charge is 2.41. The number of benzene rings is 17. The molecule has 0 amide bonds. The Labute approximate surface area is 681 Å². The zero-order valence-electron chi connectivity index (χ0n) is 64.5. The van der Waals surface area contributed by atoms with Crippen molar-refractivity contribution in [3.63, 3.8) is 0 Å². The molecular formula is C106H79B2NS4. The molecule has 0 aromatic heterocycles. The lowest BCUT2D eigenvalue weighted by molar-refractivity contribution is 0.588. The summed E-state index contributed by atoms with van der Waals surface area (Å²) in [6.45, 7) is 19.0. The monoisotopic (exact) mass is 1520 g/mol. The first-order chi connectivity index (χ1) is 55.0. The summed E-state index contributed by atoms with van der Waals surface area (Å²) in [5.41, 5.74) is 28.8. The number of rotatable bonds is 8. The highest BCUT2D eigenvalue weighted by Crippen LogP contribution is 2.51. The number of hydrogen-bond donors (Lipinski definition) is 0. The minimum atomic E-state index is -0.250. The molecule has 0 bridgehead atoms. The van der Waals surface area contributed by atoms with Gasteiger partial charge in [0.1, 0.15) is 0 Å². The van der Waals surface area contributed by atoms with Crippen molar-refractivity contribution in [2.75, 3.05) is 0 Å². The fraction of sp³-hybridized carbons (Fsp3) is 0.104. The van der Waals surface area contributed by atoms with E-state index in [-0.39, 0.29) is 29.7 Å². The van der Waals surface area contributed by atoms with Crippen LogP contribution in [0.1, 0.15) is 83.2 Å². The number of fused-ring (bicyclic) bond motifs is 12. The van der Waals surface area contributed by atoms with Crippen molar-refractivity contribution in [2.45, 2.75) is 111 Å². The summed E-state index contributed by atoms with van der Waals surface area (Å²) in [6.07, 6.45) is 0. The standard InChI is InChI=1S/C57H45BS2.C49H34BNS2/c1-56(2,3)41-28-29-48-50(35-41)60-52-34-38(33-51-55(52)58(48)47-26-16-17-27-49(47)59-51)37-30-39(32-42(31-37)57(4,5)40-20-10-7-11-21-40)54-45-24-14-12-22-43(45)53(36-18-8-6-9-19-36)44-23-13-15-25-46(44)54;1-49(2,3)35-21-22-41-43(28-35)53-45-27-33(26-44-48(45)50(41)40-19-11-12-20-42(40)52-44)32-23-30(29-51)24-34(25-32)47-38-17-9-7-15-36(38)46(31-13-5-4-6-14-31)37-16-8-10-18-39(37)47/h6-35H,1-5H3;4-28H,1-3H3. The van der Waals surface area contributed by atoms with Crippen molar-refractivity contribution >= 4 is 136 Å². The van der Waals surface area contributed by atoms with Crippen LogP contribution in [0.4, 0.5) is 0 Å². The van der Waals surface area contributed by atoms with Gasteiger partial charge in [-0.05, 0) is 227 Å². The summed E-state index contributed by atoms with van der Waals surface area (Å²) in [7, 11) is 0. The Hall–Kier alpha value is -11.2. The summed E-state index contributed by atoms with van der Waals surface area (Å²) in [5, 5.41) is 20.4. The average molecular weight is 1520 g/mol. The molecule has 0 radical (unpaired) electrons. The predicted molar refractivity (Wildman–Crippen MR) is 488 cm³/mol. The molecule has 0 aliphatic carbocycles. The molecular weight excluding hydrogens is 1440 g/mol. The average Bonchev–Trinajstić information content (AvgIpc) is 0.730. The molecule has 0 atom stereocenters. The summed E-state index contributed by atoms with van der Waals surface area (Å²) >= 11 is 7.67. The molecule has 0 unspecified atom stereocenters. The molecule has 0 N–H and O–H groups in total. The van der Waals surface area contributed by atoms with Gasteiger partial charge in [-0.15, -0.1) is 0 Å². The molecule has 4 aliphatic heterocycles. The second kappa shape index (κ2) is 27.9. The number of hydrogen-bond acceptors (Lipinski definition) is 5. The minimum Gasteiger partial charge on any atom is -0.192 e. The van der Waals surface area contributed by atoms with E-state index in [4.69, 9.17) is 0 Å². The lowest BCUT2D eigenvalue weighted by Gasteiger charge is -2.34.